The fourth-order valence-corrected chi connectivity index (χ4v) is 4.49. The summed E-state index contributed by atoms with van der Waals surface area (Å²) in [6.45, 7) is 10.1. The molecular weight excluding hydrogens is 354 g/mol. The molecule has 5 heterocycles. The number of piperidine rings is 1. The molecule has 28 heavy (non-hydrogen) atoms. The molecule has 2 atom stereocenters. The van der Waals surface area contributed by atoms with Gasteiger partial charge in [-0.1, -0.05) is 18.5 Å². The summed E-state index contributed by atoms with van der Waals surface area (Å²) in [5, 5.41) is 4.05. The first kappa shape index (κ1) is 18.9. The van der Waals surface area contributed by atoms with Gasteiger partial charge in [-0.3, -0.25) is 4.79 Å². The largest absolute Gasteiger partial charge is 0.361 e. The van der Waals surface area contributed by atoms with Crippen LogP contribution in [0.4, 0.5) is 5.82 Å². The molecule has 0 aromatic carbocycles. The maximum atomic E-state index is 13.2. The summed E-state index contributed by atoms with van der Waals surface area (Å²) in [5.74, 6) is 2.83. The molecule has 2 bridgehead atoms. The van der Waals surface area contributed by atoms with Crippen molar-refractivity contribution in [2.24, 2.45) is 5.92 Å². The summed E-state index contributed by atoms with van der Waals surface area (Å²) in [6.07, 6.45) is 3.99. The van der Waals surface area contributed by atoms with Crippen LogP contribution in [0.3, 0.4) is 0 Å². The minimum absolute atomic E-state index is 0.0177. The number of amides is 1. The Morgan fingerprint density at radius 2 is 2.00 bits per heavy atom. The van der Waals surface area contributed by atoms with Gasteiger partial charge in [-0.2, -0.15) is 0 Å². The standard InChI is InChI=1S/C21H29N5O2/c1-5-6-17-9-20(23-15(4)22-17)25-10-16-7-8-18(11-25)26(21(16)27)12-19-13(2)24-28-14(19)3/h9,16,18H,5-8,10-12H2,1-4H3. The van der Waals surface area contributed by atoms with Crippen LogP contribution in [0.25, 0.3) is 0 Å². The lowest BCUT2D eigenvalue weighted by molar-refractivity contribution is -0.140. The van der Waals surface area contributed by atoms with E-state index in [4.69, 9.17) is 9.51 Å². The van der Waals surface area contributed by atoms with Crippen LogP contribution in [0.5, 0.6) is 0 Å². The molecular formula is C21H29N5O2. The van der Waals surface area contributed by atoms with Crippen LogP contribution in [0.2, 0.25) is 0 Å². The average Bonchev–Trinajstić information content (AvgIpc) is 2.84. The van der Waals surface area contributed by atoms with Gasteiger partial charge in [-0.15, -0.1) is 0 Å². The second-order valence-electron chi connectivity index (χ2n) is 8.12. The third-order valence-corrected chi connectivity index (χ3v) is 6.01. The Balaban J connectivity index is 1.60. The quantitative estimate of drug-likeness (QED) is 0.790. The number of aromatic nitrogens is 3. The number of aryl methyl sites for hydroxylation is 4. The van der Waals surface area contributed by atoms with Gasteiger partial charge in [0.05, 0.1) is 18.2 Å². The number of hydrogen-bond acceptors (Lipinski definition) is 6. The summed E-state index contributed by atoms with van der Waals surface area (Å²) in [6, 6.07) is 2.29. The monoisotopic (exact) mass is 383 g/mol. The van der Waals surface area contributed by atoms with Crippen LogP contribution in [0.1, 0.15) is 54.7 Å². The van der Waals surface area contributed by atoms with Gasteiger partial charge in [0.25, 0.3) is 0 Å². The van der Waals surface area contributed by atoms with Gasteiger partial charge < -0.3 is 14.3 Å². The first-order chi connectivity index (χ1) is 13.5. The number of nitrogens with zero attached hydrogens (tertiary/aromatic N) is 5. The Kier molecular flexibility index (Phi) is 5.08. The van der Waals surface area contributed by atoms with Gasteiger partial charge in [0.2, 0.25) is 5.91 Å². The van der Waals surface area contributed by atoms with E-state index in [0.717, 1.165) is 73.1 Å². The molecule has 0 aliphatic carbocycles. The van der Waals surface area contributed by atoms with Crippen molar-refractivity contribution >= 4 is 11.7 Å². The maximum Gasteiger partial charge on any atom is 0.228 e. The van der Waals surface area contributed by atoms with E-state index in [2.05, 4.69) is 28.0 Å². The molecule has 1 amide bonds. The van der Waals surface area contributed by atoms with E-state index in [1.807, 2.05) is 25.7 Å². The van der Waals surface area contributed by atoms with Gasteiger partial charge >= 0.3 is 0 Å². The van der Waals surface area contributed by atoms with E-state index in [0.29, 0.717) is 6.54 Å². The Bertz CT molecular complexity index is 858. The molecule has 3 fully saturated rings. The molecule has 5 rings (SSSR count). The second kappa shape index (κ2) is 7.53. The second-order valence-corrected chi connectivity index (χ2v) is 8.12. The van der Waals surface area contributed by atoms with E-state index >= 15 is 0 Å². The van der Waals surface area contributed by atoms with Crippen molar-refractivity contribution in [1.82, 2.24) is 20.0 Å². The summed E-state index contributed by atoms with van der Waals surface area (Å²) in [4.78, 5) is 26.8. The molecule has 7 nitrogen and oxygen atoms in total. The van der Waals surface area contributed by atoms with Crippen molar-refractivity contribution in [3.05, 3.63) is 34.6 Å². The molecule has 2 unspecified atom stereocenters. The van der Waals surface area contributed by atoms with Crippen LogP contribution < -0.4 is 4.90 Å². The van der Waals surface area contributed by atoms with Gasteiger partial charge in [0.15, 0.2) is 0 Å². The summed E-state index contributed by atoms with van der Waals surface area (Å²) in [7, 11) is 0. The lowest BCUT2D eigenvalue weighted by Gasteiger charge is -2.35. The van der Waals surface area contributed by atoms with E-state index in [1.54, 1.807) is 0 Å². The molecule has 7 heteroatoms. The smallest absolute Gasteiger partial charge is 0.228 e. The van der Waals surface area contributed by atoms with Gasteiger partial charge in [-0.05, 0) is 40.0 Å². The van der Waals surface area contributed by atoms with Crippen molar-refractivity contribution in [3.8, 4) is 0 Å². The van der Waals surface area contributed by atoms with Gasteiger partial charge in [0.1, 0.15) is 17.4 Å². The number of hydrogen-bond donors (Lipinski definition) is 0. The molecule has 150 valence electrons. The summed E-state index contributed by atoms with van der Waals surface area (Å²) < 4.78 is 5.31. The SMILES string of the molecule is CCCc1cc(N2CC3CCC(C2)N(Cc2c(C)noc2C)C3=O)nc(C)n1. The molecule has 3 aliphatic heterocycles. The zero-order valence-electron chi connectivity index (χ0n) is 17.2. The predicted molar refractivity (Wildman–Crippen MR) is 106 cm³/mol. The number of carbonyl (C=O) groups is 1. The highest BCUT2D eigenvalue weighted by molar-refractivity contribution is 5.81. The topological polar surface area (TPSA) is 75.4 Å². The van der Waals surface area contributed by atoms with E-state index in [-0.39, 0.29) is 17.9 Å². The van der Waals surface area contributed by atoms with Crippen molar-refractivity contribution < 1.29 is 9.32 Å². The molecule has 3 saturated heterocycles. The molecule has 3 aliphatic rings. The fourth-order valence-electron chi connectivity index (χ4n) is 4.49. The highest BCUT2D eigenvalue weighted by Crippen LogP contribution is 2.33. The van der Waals surface area contributed by atoms with E-state index in [9.17, 15) is 4.79 Å². The summed E-state index contributed by atoms with van der Waals surface area (Å²) >= 11 is 0. The fraction of sp³-hybridized carbons (Fsp3) is 0.619. The average molecular weight is 383 g/mol. The van der Waals surface area contributed by atoms with Crippen LogP contribution >= 0.6 is 0 Å². The Morgan fingerprint density at radius 3 is 2.71 bits per heavy atom. The van der Waals surface area contributed by atoms with Crippen LogP contribution in [-0.4, -0.2) is 45.1 Å². The molecule has 0 radical (unpaired) electrons. The minimum Gasteiger partial charge on any atom is -0.361 e. The van der Waals surface area contributed by atoms with Crippen LogP contribution in [-0.2, 0) is 17.8 Å². The number of anilines is 1. The van der Waals surface area contributed by atoms with Crippen molar-refractivity contribution in [2.75, 3.05) is 18.0 Å². The lowest BCUT2D eigenvalue weighted by Crippen LogP contribution is -2.47. The van der Waals surface area contributed by atoms with E-state index < -0.39 is 0 Å². The first-order valence-corrected chi connectivity index (χ1v) is 10.3. The molecule has 2 aromatic rings. The molecule has 2 aromatic heterocycles. The van der Waals surface area contributed by atoms with Gasteiger partial charge in [0, 0.05) is 36.5 Å². The molecule has 0 saturated carbocycles. The summed E-state index contributed by atoms with van der Waals surface area (Å²) in [5.41, 5.74) is 2.99. The third kappa shape index (κ3) is 3.50. The lowest BCUT2D eigenvalue weighted by atomic mass is 9.93. The predicted octanol–water partition coefficient (Wildman–Crippen LogP) is 2.97. The zero-order chi connectivity index (χ0) is 19.8. The Morgan fingerprint density at radius 1 is 1.18 bits per heavy atom. The van der Waals surface area contributed by atoms with Crippen molar-refractivity contribution in [1.29, 1.82) is 0 Å². The van der Waals surface area contributed by atoms with Crippen molar-refractivity contribution in [3.63, 3.8) is 0 Å². The highest BCUT2D eigenvalue weighted by atomic mass is 16.5. The first-order valence-electron chi connectivity index (χ1n) is 10.3. The highest BCUT2D eigenvalue weighted by Gasteiger charge is 2.41. The number of fused-ring (bicyclic) bond motifs is 4. The molecule has 0 N–H and O–H groups in total. The van der Waals surface area contributed by atoms with Crippen LogP contribution in [0.15, 0.2) is 10.6 Å². The minimum atomic E-state index is 0.0177. The Labute approximate surface area is 166 Å². The number of rotatable bonds is 5. The number of carbonyl (C=O) groups excluding carboxylic acids is 1. The maximum absolute atomic E-state index is 13.2. The van der Waals surface area contributed by atoms with Crippen LogP contribution in [0, 0.1) is 26.7 Å². The Hall–Kier alpha value is -2.44. The zero-order valence-corrected chi connectivity index (χ0v) is 17.2. The normalized spacial score (nSPS) is 22.1. The van der Waals surface area contributed by atoms with E-state index in [1.165, 1.54) is 0 Å². The third-order valence-electron chi connectivity index (χ3n) is 6.01. The molecule has 0 spiro atoms. The van der Waals surface area contributed by atoms with Crippen molar-refractivity contribution in [2.45, 2.75) is 66.0 Å². The van der Waals surface area contributed by atoms with Gasteiger partial charge in [-0.25, -0.2) is 9.97 Å².